The minimum absolute atomic E-state index is 0.0342. The van der Waals surface area contributed by atoms with Crippen LogP contribution in [0.1, 0.15) is 30.8 Å². The normalized spacial score (nSPS) is 24.0. The molecule has 6 heteroatoms. The van der Waals surface area contributed by atoms with Gasteiger partial charge in [0.1, 0.15) is 5.82 Å². The van der Waals surface area contributed by atoms with Crippen LogP contribution in [0.3, 0.4) is 0 Å². The molecule has 1 saturated heterocycles. The Morgan fingerprint density at radius 1 is 1.56 bits per heavy atom. The molecule has 1 aliphatic rings. The molecule has 1 aliphatic heterocycles. The van der Waals surface area contributed by atoms with Gasteiger partial charge < -0.3 is 14.7 Å². The molecule has 1 N–H and O–H groups in total. The summed E-state index contributed by atoms with van der Waals surface area (Å²) in [7, 11) is 0. The number of rotatable bonds is 3. The van der Waals surface area contributed by atoms with E-state index in [-0.39, 0.29) is 17.8 Å². The Morgan fingerprint density at radius 3 is 2.89 bits per heavy atom. The molecule has 2 heterocycles. The summed E-state index contributed by atoms with van der Waals surface area (Å²) in [6, 6.07) is 0.270. The van der Waals surface area contributed by atoms with Gasteiger partial charge in [0.25, 0.3) is 0 Å². The number of carbonyl (C=O) groups is 1. The van der Waals surface area contributed by atoms with Crippen LogP contribution in [-0.2, 0) is 4.74 Å². The van der Waals surface area contributed by atoms with Gasteiger partial charge in [0, 0.05) is 6.54 Å². The minimum atomic E-state index is -1.06. The molecule has 0 aliphatic carbocycles. The Labute approximate surface area is 106 Å². The highest BCUT2D eigenvalue weighted by atomic mass is 16.5. The third kappa shape index (κ3) is 2.59. The molecule has 0 bridgehead atoms. The Hall–Kier alpha value is -1.69. The van der Waals surface area contributed by atoms with Crippen molar-refractivity contribution in [2.24, 2.45) is 0 Å². The van der Waals surface area contributed by atoms with Gasteiger partial charge in [-0.2, -0.15) is 0 Å². The first-order valence-corrected chi connectivity index (χ1v) is 6.05. The van der Waals surface area contributed by atoms with Gasteiger partial charge in [-0.05, 0) is 13.3 Å². The zero-order chi connectivity index (χ0) is 13.1. The van der Waals surface area contributed by atoms with Gasteiger partial charge in [-0.25, -0.2) is 14.8 Å². The van der Waals surface area contributed by atoms with Crippen LogP contribution in [0.2, 0.25) is 0 Å². The number of hydrogen-bond donors (Lipinski definition) is 1. The lowest BCUT2D eigenvalue weighted by Crippen LogP contribution is -2.49. The van der Waals surface area contributed by atoms with Crippen molar-refractivity contribution < 1.29 is 14.6 Å². The lowest BCUT2D eigenvalue weighted by molar-refractivity contribution is 0.0295. The summed E-state index contributed by atoms with van der Waals surface area (Å²) in [5.41, 5.74) is -0.0342. The van der Waals surface area contributed by atoms with Crippen molar-refractivity contribution in [3.8, 4) is 0 Å². The molecule has 6 nitrogen and oxygen atoms in total. The first-order chi connectivity index (χ1) is 8.61. The highest BCUT2D eigenvalue weighted by Crippen LogP contribution is 2.20. The van der Waals surface area contributed by atoms with Gasteiger partial charge in [-0.3, -0.25) is 0 Å². The fraction of sp³-hybridized carbons (Fsp3) is 0.583. The van der Waals surface area contributed by atoms with E-state index in [9.17, 15) is 4.79 Å². The van der Waals surface area contributed by atoms with Crippen LogP contribution in [0.5, 0.6) is 0 Å². The molecule has 2 unspecified atom stereocenters. The van der Waals surface area contributed by atoms with Crippen molar-refractivity contribution in [1.82, 2.24) is 9.97 Å². The Bertz CT molecular complexity index is 421. The van der Waals surface area contributed by atoms with Crippen LogP contribution < -0.4 is 4.90 Å². The molecule has 0 amide bonds. The molecule has 1 aromatic heterocycles. The molecule has 2 atom stereocenters. The van der Waals surface area contributed by atoms with Gasteiger partial charge in [0.15, 0.2) is 5.69 Å². The predicted molar refractivity (Wildman–Crippen MR) is 65.8 cm³/mol. The lowest BCUT2D eigenvalue weighted by atomic mass is 10.1. The fourth-order valence-electron chi connectivity index (χ4n) is 2.04. The van der Waals surface area contributed by atoms with Crippen LogP contribution in [0.4, 0.5) is 5.82 Å². The molecule has 1 fully saturated rings. The van der Waals surface area contributed by atoms with Crippen LogP contribution in [0.25, 0.3) is 0 Å². The molecule has 0 saturated carbocycles. The average molecular weight is 251 g/mol. The van der Waals surface area contributed by atoms with Gasteiger partial charge in [-0.1, -0.05) is 6.92 Å². The fourth-order valence-corrected chi connectivity index (χ4v) is 2.04. The van der Waals surface area contributed by atoms with Crippen LogP contribution >= 0.6 is 0 Å². The van der Waals surface area contributed by atoms with E-state index in [1.54, 1.807) is 0 Å². The number of nitrogens with zero attached hydrogens (tertiary/aromatic N) is 3. The number of aromatic carboxylic acids is 1. The van der Waals surface area contributed by atoms with Crippen LogP contribution in [0.15, 0.2) is 12.4 Å². The number of ether oxygens (including phenoxy) is 1. The Morgan fingerprint density at radius 2 is 2.33 bits per heavy atom. The second-order valence-electron chi connectivity index (χ2n) is 4.42. The summed E-state index contributed by atoms with van der Waals surface area (Å²) >= 11 is 0. The Kier molecular flexibility index (Phi) is 3.76. The standard InChI is InChI=1S/C12H17N3O3/c1-3-9-7-18-8(2)6-15(9)11-5-13-10(4-14-11)12(16)17/h4-5,8-9H,3,6-7H2,1-2H3,(H,16,17). The topological polar surface area (TPSA) is 75.5 Å². The molecular weight excluding hydrogens is 234 g/mol. The second-order valence-corrected chi connectivity index (χ2v) is 4.42. The summed E-state index contributed by atoms with van der Waals surface area (Å²) in [6.07, 6.45) is 3.91. The summed E-state index contributed by atoms with van der Waals surface area (Å²) in [5, 5.41) is 8.79. The second kappa shape index (κ2) is 5.30. The van der Waals surface area contributed by atoms with Gasteiger partial charge >= 0.3 is 5.97 Å². The molecule has 0 aromatic carbocycles. The summed E-state index contributed by atoms with van der Waals surface area (Å²) in [5.74, 6) is -0.349. The van der Waals surface area contributed by atoms with E-state index in [2.05, 4.69) is 21.8 Å². The van der Waals surface area contributed by atoms with E-state index < -0.39 is 5.97 Å². The van der Waals surface area contributed by atoms with Gasteiger partial charge in [-0.15, -0.1) is 0 Å². The number of carboxylic acid groups (broad SMARTS) is 1. The van der Waals surface area contributed by atoms with E-state index in [1.165, 1.54) is 12.4 Å². The minimum Gasteiger partial charge on any atom is -0.476 e. The number of carboxylic acids is 1. The highest BCUT2D eigenvalue weighted by Gasteiger charge is 2.26. The summed E-state index contributed by atoms with van der Waals surface area (Å²) in [6.45, 7) is 5.52. The van der Waals surface area contributed by atoms with E-state index in [1.807, 2.05) is 6.92 Å². The van der Waals surface area contributed by atoms with Crippen molar-refractivity contribution in [3.05, 3.63) is 18.1 Å². The molecule has 0 spiro atoms. The number of aromatic nitrogens is 2. The zero-order valence-corrected chi connectivity index (χ0v) is 10.5. The van der Waals surface area contributed by atoms with Gasteiger partial charge in [0.05, 0.1) is 31.1 Å². The molecule has 2 rings (SSSR count). The molecular formula is C12H17N3O3. The molecule has 98 valence electrons. The van der Waals surface area contributed by atoms with Crippen molar-refractivity contribution in [1.29, 1.82) is 0 Å². The third-order valence-corrected chi connectivity index (χ3v) is 3.09. The number of hydrogen-bond acceptors (Lipinski definition) is 5. The van der Waals surface area contributed by atoms with Crippen LogP contribution in [0, 0.1) is 0 Å². The van der Waals surface area contributed by atoms with Crippen molar-refractivity contribution in [2.75, 3.05) is 18.1 Å². The molecule has 18 heavy (non-hydrogen) atoms. The quantitative estimate of drug-likeness (QED) is 0.869. The SMILES string of the molecule is CCC1COC(C)CN1c1cnc(C(=O)O)cn1. The first-order valence-electron chi connectivity index (χ1n) is 6.05. The largest absolute Gasteiger partial charge is 0.476 e. The van der Waals surface area contributed by atoms with Crippen molar-refractivity contribution in [2.45, 2.75) is 32.4 Å². The van der Waals surface area contributed by atoms with Crippen molar-refractivity contribution in [3.63, 3.8) is 0 Å². The molecule has 1 aromatic rings. The van der Waals surface area contributed by atoms with Crippen molar-refractivity contribution >= 4 is 11.8 Å². The summed E-state index contributed by atoms with van der Waals surface area (Å²) < 4.78 is 5.61. The third-order valence-electron chi connectivity index (χ3n) is 3.09. The Balaban J connectivity index is 2.20. The first kappa shape index (κ1) is 12.8. The molecule has 0 radical (unpaired) electrons. The maximum Gasteiger partial charge on any atom is 0.356 e. The monoisotopic (exact) mass is 251 g/mol. The van der Waals surface area contributed by atoms with Gasteiger partial charge in [0.2, 0.25) is 0 Å². The highest BCUT2D eigenvalue weighted by molar-refractivity contribution is 5.84. The maximum atomic E-state index is 10.7. The smallest absolute Gasteiger partial charge is 0.356 e. The van der Waals surface area contributed by atoms with Crippen LogP contribution in [-0.4, -0.2) is 46.3 Å². The van der Waals surface area contributed by atoms with E-state index in [0.717, 1.165) is 13.0 Å². The van der Waals surface area contributed by atoms with E-state index >= 15 is 0 Å². The van der Waals surface area contributed by atoms with E-state index in [0.29, 0.717) is 12.4 Å². The average Bonchev–Trinajstić information content (AvgIpc) is 2.39. The number of anilines is 1. The lowest BCUT2D eigenvalue weighted by Gasteiger charge is -2.38. The maximum absolute atomic E-state index is 10.7. The van der Waals surface area contributed by atoms with E-state index in [4.69, 9.17) is 9.84 Å². The summed E-state index contributed by atoms with van der Waals surface area (Å²) in [4.78, 5) is 20.9. The number of morpholine rings is 1. The predicted octanol–water partition coefficient (Wildman–Crippen LogP) is 1.18. The zero-order valence-electron chi connectivity index (χ0n) is 10.5.